The minimum Gasteiger partial charge on any atom is -0.492 e. The Kier molecular flexibility index (Phi) is 3.44. The predicted molar refractivity (Wildman–Crippen MR) is 47.6 cm³/mol. The van der Waals surface area contributed by atoms with E-state index in [2.05, 4.69) is 0 Å². The molecule has 1 rings (SSSR count). The van der Waals surface area contributed by atoms with Crippen LogP contribution in [0.1, 0.15) is 12.5 Å². The molecular formula is C9H7ClF4O. The van der Waals surface area contributed by atoms with E-state index >= 15 is 0 Å². The molecule has 1 aromatic carbocycles. The number of ether oxygens (including phenoxy) is 1. The Labute approximate surface area is 88.6 Å². The van der Waals surface area contributed by atoms with E-state index in [-0.39, 0.29) is 12.4 Å². The van der Waals surface area contributed by atoms with E-state index in [0.29, 0.717) is 6.07 Å². The number of halogens is 5. The maximum atomic E-state index is 13.1. The largest absolute Gasteiger partial charge is 0.492 e. The summed E-state index contributed by atoms with van der Waals surface area (Å²) in [4.78, 5) is 0. The van der Waals surface area contributed by atoms with E-state index in [9.17, 15) is 17.6 Å². The highest BCUT2D eigenvalue weighted by Gasteiger charge is 2.35. The summed E-state index contributed by atoms with van der Waals surface area (Å²) in [5, 5.41) is -0.647. The molecule has 84 valence electrons. The first kappa shape index (κ1) is 12.1. The first-order valence-corrected chi connectivity index (χ1v) is 4.43. The molecule has 0 saturated heterocycles. The Hall–Kier alpha value is -0.970. The van der Waals surface area contributed by atoms with E-state index < -0.39 is 22.6 Å². The SMILES string of the molecule is CCOc1ccc(C(F)(F)F)c(F)c1Cl. The van der Waals surface area contributed by atoms with E-state index in [4.69, 9.17) is 16.3 Å². The lowest BCUT2D eigenvalue weighted by molar-refractivity contribution is -0.140. The van der Waals surface area contributed by atoms with Gasteiger partial charge in [0.2, 0.25) is 0 Å². The zero-order chi connectivity index (χ0) is 11.6. The van der Waals surface area contributed by atoms with Crippen LogP contribution in [-0.4, -0.2) is 6.61 Å². The third kappa shape index (κ3) is 2.53. The quantitative estimate of drug-likeness (QED) is 0.715. The molecule has 0 fully saturated rings. The van der Waals surface area contributed by atoms with E-state index in [1.165, 1.54) is 0 Å². The maximum Gasteiger partial charge on any atom is 0.419 e. The zero-order valence-electron chi connectivity index (χ0n) is 7.66. The Morgan fingerprint density at radius 2 is 1.93 bits per heavy atom. The highest BCUT2D eigenvalue weighted by atomic mass is 35.5. The van der Waals surface area contributed by atoms with Crippen molar-refractivity contribution in [3.05, 3.63) is 28.5 Å². The first-order valence-electron chi connectivity index (χ1n) is 4.06. The molecule has 15 heavy (non-hydrogen) atoms. The minimum absolute atomic E-state index is 0.0929. The Bertz CT molecular complexity index is 362. The van der Waals surface area contributed by atoms with E-state index in [1.807, 2.05) is 0 Å². The van der Waals surface area contributed by atoms with Crippen LogP contribution in [0.15, 0.2) is 12.1 Å². The lowest BCUT2D eigenvalue weighted by atomic mass is 10.2. The monoisotopic (exact) mass is 242 g/mol. The van der Waals surface area contributed by atoms with Crippen LogP contribution in [0.25, 0.3) is 0 Å². The zero-order valence-corrected chi connectivity index (χ0v) is 8.42. The van der Waals surface area contributed by atoms with Crippen molar-refractivity contribution in [1.29, 1.82) is 0 Å². The molecule has 1 aromatic rings. The first-order chi connectivity index (χ1) is 6.88. The Balaban J connectivity index is 3.21. The summed E-state index contributed by atoms with van der Waals surface area (Å²) in [6.45, 7) is 1.82. The van der Waals surface area contributed by atoms with Crippen LogP contribution in [0.5, 0.6) is 5.75 Å². The van der Waals surface area contributed by atoms with Gasteiger partial charge < -0.3 is 4.74 Å². The van der Waals surface area contributed by atoms with Crippen molar-refractivity contribution in [2.75, 3.05) is 6.61 Å². The van der Waals surface area contributed by atoms with Gasteiger partial charge in [-0.15, -0.1) is 0 Å². The van der Waals surface area contributed by atoms with Crippen LogP contribution in [0, 0.1) is 5.82 Å². The molecule has 0 aliphatic rings. The van der Waals surface area contributed by atoms with Crippen molar-refractivity contribution in [2.24, 2.45) is 0 Å². The lowest BCUT2D eigenvalue weighted by Crippen LogP contribution is -2.09. The van der Waals surface area contributed by atoms with Crippen LogP contribution >= 0.6 is 11.6 Å². The number of hydrogen-bond donors (Lipinski definition) is 0. The molecule has 6 heteroatoms. The van der Waals surface area contributed by atoms with E-state index in [0.717, 1.165) is 6.07 Å². The van der Waals surface area contributed by atoms with Crippen molar-refractivity contribution in [3.8, 4) is 5.75 Å². The van der Waals surface area contributed by atoms with Crippen LogP contribution < -0.4 is 4.74 Å². The third-order valence-corrected chi connectivity index (χ3v) is 2.00. The average Bonchev–Trinajstić information content (AvgIpc) is 2.11. The highest BCUT2D eigenvalue weighted by molar-refractivity contribution is 6.32. The van der Waals surface area contributed by atoms with Gasteiger partial charge in [0.05, 0.1) is 12.2 Å². The molecule has 0 heterocycles. The van der Waals surface area contributed by atoms with Crippen LogP contribution in [0.3, 0.4) is 0 Å². The predicted octanol–water partition coefficient (Wildman–Crippen LogP) is 3.90. The maximum absolute atomic E-state index is 13.1. The Morgan fingerprint density at radius 1 is 1.33 bits per heavy atom. The fraction of sp³-hybridized carbons (Fsp3) is 0.333. The molecular weight excluding hydrogens is 236 g/mol. The van der Waals surface area contributed by atoms with Gasteiger partial charge in [-0.2, -0.15) is 13.2 Å². The van der Waals surface area contributed by atoms with Gasteiger partial charge in [0.1, 0.15) is 10.8 Å². The number of benzene rings is 1. The summed E-state index contributed by atoms with van der Waals surface area (Å²) in [6.07, 6.45) is -4.75. The van der Waals surface area contributed by atoms with Gasteiger partial charge in [-0.25, -0.2) is 4.39 Å². The van der Waals surface area contributed by atoms with Crippen LogP contribution in [0.2, 0.25) is 5.02 Å². The molecule has 0 saturated carbocycles. The number of alkyl halides is 3. The average molecular weight is 243 g/mol. The fourth-order valence-electron chi connectivity index (χ4n) is 1.02. The molecule has 0 bridgehead atoms. The van der Waals surface area contributed by atoms with Gasteiger partial charge in [-0.1, -0.05) is 11.6 Å². The lowest BCUT2D eigenvalue weighted by Gasteiger charge is -2.11. The Morgan fingerprint density at radius 3 is 2.40 bits per heavy atom. The molecule has 0 amide bonds. The number of rotatable bonds is 2. The van der Waals surface area contributed by atoms with Gasteiger partial charge in [0, 0.05) is 0 Å². The van der Waals surface area contributed by atoms with Gasteiger partial charge in [0.25, 0.3) is 0 Å². The van der Waals surface area contributed by atoms with E-state index in [1.54, 1.807) is 6.92 Å². The number of hydrogen-bond acceptors (Lipinski definition) is 1. The molecule has 0 aliphatic heterocycles. The molecule has 1 nitrogen and oxygen atoms in total. The standard InChI is InChI=1S/C9H7ClF4O/c1-2-15-6-4-3-5(9(12,13)14)8(11)7(6)10/h3-4H,2H2,1H3. The second-order valence-electron chi connectivity index (χ2n) is 2.67. The van der Waals surface area contributed by atoms with Crippen molar-refractivity contribution in [1.82, 2.24) is 0 Å². The molecule has 0 atom stereocenters. The van der Waals surface area contributed by atoms with Crippen LogP contribution in [0.4, 0.5) is 17.6 Å². The van der Waals surface area contributed by atoms with Gasteiger partial charge >= 0.3 is 6.18 Å². The topological polar surface area (TPSA) is 9.23 Å². The fourth-order valence-corrected chi connectivity index (χ4v) is 1.24. The summed E-state index contributed by atoms with van der Waals surface area (Å²) in [7, 11) is 0. The summed E-state index contributed by atoms with van der Waals surface area (Å²) in [5.74, 6) is -1.60. The van der Waals surface area contributed by atoms with Crippen molar-refractivity contribution in [2.45, 2.75) is 13.1 Å². The molecule has 0 radical (unpaired) electrons. The smallest absolute Gasteiger partial charge is 0.419 e. The van der Waals surface area contributed by atoms with Gasteiger partial charge in [-0.3, -0.25) is 0 Å². The molecule has 0 N–H and O–H groups in total. The molecule has 0 aliphatic carbocycles. The van der Waals surface area contributed by atoms with Crippen molar-refractivity contribution >= 4 is 11.6 Å². The minimum atomic E-state index is -4.75. The van der Waals surface area contributed by atoms with Gasteiger partial charge in [0.15, 0.2) is 5.82 Å². The summed E-state index contributed by atoms with van der Waals surface area (Å²) in [5.41, 5.74) is -1.39. The second kappa shape index (κ2) is 4.26. The van der Waals surface area contributed by atoms with Gasteiger partial charge in [-0.05, 0) is 19.1 Å². The molecule has 0 unspecified atom stereocenters. The van der Waals surface area contributed by atoms with Crippen LogP contribution in [-0.2, 0) is 6.18 Å². The van der Waals surface area contributed by atoms with Crippen molar-refractivity contribution in [3.63, 3.8) is 0 Å². The second-order valence-corrected chi connectivity index (χ2v) is 3.05. The summed E-state index contributed by atoms with van der Waals surface area (Å²) >= 11 is 5.38. The summed E-state index contributed by atoms with van der Waals surface area (Å²) < 4.78 is 54.6. The third-order valence-electron chi connectivity index (χ3n) is 1.65. The molecule has 0 aromatic heterocycles. The normalized spacial score (nSPS) is 11.6. The highest BCUT2D eigenvalue weighted by Crippen LogP contribution is 2.37. The van der Waals surface area contributed by atoms with Crippen molar-refractivity contribution < 1.29 is 22.3 Å². The molecule has 0 spiro atoms. The summed E-state index contributed by atoms with van der Waals surface area (Å²) in [6, 6.07) is 1.60.